The van der Waals surface area contributed by atoms with Gasteiger partial charge >= 0.3 is 12.1 Å². The van der Waals surface area contributed by atoms with Gasteiger partial charge in [0.05, 0.1) is 29.6 Å². The highest BCUT2D eigenvalue weighted by atomic mass is 79.9. The number of carbonyl (C=O) groups excluding carboxylic acids is 1. The van der Waals surface area contributed by atoms with Gasteiger partial charge in [-0.2, -0.15) is 18.3 Å². The van der Waals surface area contributed by atoms with Crippen LogP contribution in [0.2, 0.25) is 0 Å². The minimum atomic E-state index is -4.47. The van der Waals surface area contributed by atoms with Gasteiger partial charge in [-0.05, 0) is 54.8 Å². The van der Waals surface area contributed by atoms with Crippen molar-refractivity contribution in [2.24, 2.45) is 0 Å². The van der Waals surface area contributed by atoms with Crippen LogP contribution < -0.4 is 0 Å². The summed E-state index contributed by atoms with van der Waals surface area (Å²) in [4.78, 5) is 17.5. The molecule has 0 saturated heterocycles. The Morgan fingerprint density at radius 2 is 1.81 bits per heavy atom. The maximum Gasteiger partial charge on any atom is 0.416 e. The van der Waals surface area contributed by atoms with Gasteiger partial charge in [0.1, 0.15) is 15.0 Å². The summed E-state index contributed by atoms with van der Waals surface area (Å²) >= 11 is 6.87. The third-order valence-electron chi connectivity index (χ3n) is 5.90. The number of aromatic nitrogens is 3. The molecule has 11 heteroatoms. The van der Waals surface area contributed by atoms with E-state index in [1.807, 2.05) is 0 Å². The van der Waals surface area contributed by atoms with Crippen LogP contribution in [0.15, 0.2) is 60.8 Å². The highest BCUT2D eigenvalue weighted by Crippen LogP contribution is 2.41. The zero-order chi connectivity index (χ0) is 26.3. The summed E-state index contributed by atoms with van der Waals surface area (Å²) in [5.74, 6) is -1.01. The van der Waals surface area contributed by atoms with E-state index >= 15 is 0 Å². The predicted octanol–water partition coefficient (Wildman–Crippen LogP) is 7.02. The number of carbonyl (C=O) groups is 1. The minimum absolute atomic E-state index is 0.105. The molecule has 0 aliphatic rings. The number of fused-ring (bicyclic) bond motifs is 1. The van der Waals surface area contributed by atoms with Gasteiger partial charge < -0.3 is 4.74 Å². The van der Waals surface area contributed by atoms with Crippen molar-refractivity contribution < 1.29 is 27.1 Å². The Labute approximate surface area is 220 Å². The van der Waals surface area contributed by atoms with E-state index in [9.17, 15) is 22.4 Å². The molecule has 0 aliphatic heterocycles. The fraction of sp³-hybridized carbons (Fsp3) is 0.240. The number of nitrogens with zero attached hydrogens (tertiary/aromatic N) is 3. The normalized spacial score (nSPS) is 13.7. The summed E-state index contributed by atoms with van der Waals surface area (Å²) in [5.41, 5.74) is 0.659. The third-order valence-corrected chi connectivity index (χ3v) is 6.77. The first-order valence-electron chi connectivity index (χ1n) is 10.6. The molecule has 0 spiro atoms. The van der Waals surface area contributed by atoms with Gasteiger partial charge in [-0.15, -0.1) is 0 Å². The molecule has 0 saturated carbocycles. The van der Waals surface area contributed by atoms with Gasteiger partial charge in [-0.1, -0.05) is 56.1 Å². The van der Waals surface area contributed by atoms with Crippen molar-refractivity contribution in [3.05, 3.63) is 89.1 Å². The summed E-state index contributed by atoms with van der Waals surface area (Å²) in [7, 11) is 1.26. The zero-order valence-electron chi connectivity index (χ0n) is 19.0. The van der Waals surface area contributed by atoms with Gasteiger partial charge in [0.15, 0.2) is 5.65 Å². The van der Waals surface area contributed by atoms with Crippen LogP contribution in [0.1, 0.15) is 33.2 Å². The summed E-state index contributed by atoms with van der Waals surface area (Å²) < 4.78 is 59.3. The molecule has 5 nitrogen and oxygen atoms in total. The van der Waals surface area contributed by atoms with Gasteiger partial charge in [0.25, 0.3) is 0 Å². The molecule has 0 amide bonds. The first kappa shape index (κ1) is 26.3. The van der Waals surface area contributed by atoms with Crippen LogP contribution in [0.25, 0.3) is 16.8 Å². The van der Waals surface area contributed by atoms with Gasteiger partial charge in [0.2, 0.25) is 0 Å². The summed E-state index contributed by atoms with van der Waals surface area (Å²) in [6.07, 6.45) is -2.87. The molecule has 2 aromatic heterocycles. The van der Waals surface area contributed by atoms with E-state index in [0.717, 1.165) is 12.1 Å². The fourth-order valence-electron chi connectivity index (χ4n) is 4.18. The topological polar surface area (TPSA) is 56.5 Å². The van der Waals surface area contributed by atoms with Crippen LogP contribution in [0.3, 0.4) is 0 Å². The summed E-state index contributed by atoms with van der Waals surface area (Å²) in [6, 6.07) is 12.2. The number of rotatable bonds is 6. The van der Waals surface area contributed by atoms with Crippen molar-refractivity contribution in [1.29, 1.82) is 0 Å². The molecule has 188 valence electrons. The Morgan fingerprint density at radius 3 is 2.39 bits per heavy atom. The van der Waals surface area contributed by atoms with E-state index in [-0.39, 0.29) is 6.42 Å². The van der Waals surface area contributed by atoms with Crippen LogP contribution in [0.5, 0.6) is 0 Å². The number of hydrogen-bond donors (Lipinski definition) is 0. The summed E-state index contributed by atoms with van der Waals surface area (Å²) in [5, 5.41) is 4.66. The first-order chi connectivity index (χ1) is 17.0. The Hall–Kier alpha value is -2.79. The molecule has 0 radical (unpaired) electrons. The van der Waals surface area contributed by atoms with E-state index < -0.39 is 32.7 Å². The third kappa shape index (κ3) is 4.90. The Morgan fingerprint density at radius 1 is 1.11 bits per heavy atom. The molecule has 0 fully saturated rings. The van der Waals surface area contributed by atoms with E-state index in [2.05, 4.69) is 41.9 Å². The molecule has 4 rings (SSSR count). The zero-order valence-corrected chi connectivity index (χ0v) is 22.2. The lowest BCUT2D eigenvalue weighted by Gasteiger charge is -2.27. The lowest BCUT2D eigenvalue weighted by Crippen LogP contribution is -2.38. The van der Waals surface area contributed by atoms with Crippen LogP contribution in [0.4, 0.5) is 17.6 Å². The SMILES string of the molecule is COC(=O)[C@](C)(Cc1cccc(F)c1)c1ccnc2c(-c3ccc(C(F)(F)F)cc3)c(C(Br)Br)nn12. The van der Waals surface area contributed by atoms with Crippen LogP contribution in [-0.4, -0.2) is 27.7 Å². The van der Waals surface area contributed by atoms with E-state index in [0.29, 0.717) is 33.7 Å². The smallest absolute Gasteiger partial charge is 0.416 e. The van der Waals surface area contributed by atoms with Crippen molar-refractivity contribution in [2.45, 2.75) is 28.7 Å². The second kappa shape index (κ2) is 9.93. The largest absolute Gasteiger partial charge is 0.468 e. The highest BCUT2D eigenvalue weighted by Gasteiger charge is 2.40. The molecule has 0 unspecified atom stereocenters. The van der Waals surface area contributed by atoms with Gasteiger partial charge in [-0.3, -0.25) is 4.79 Å². The fourth-order valence-corrected chi connectivity index (χ4v) is 4.82. The lowest BCUT2D eigenvalue weighted by atomic mass is 9.80. The number of benzene rings is 2. The molecule has 4 aromatic rings. The molecule has 2 heterocycles. The van der Waals surface area contributed by atoms with Crippen molar-refractivity contribution in [2.75, 3.05) is 7.11 Å². The van der Waals surface area contributed by atoms with Crippen molar-refractivity contribution in [3.8, 4) is 11.1 Å². The average molecular weight is 629 g/mol. The number of ether oxygens (including phenoxy) is 1. The molecular weight excluding hydrogens is 610 g/mol. The number of alkyl halides is 5. The van der Waals surface area contributed by atoms with E-state index in [4.69, 9.17) is 4.74 Å². The van der Waals surface area contributed by atoms with Gasteiger partial charge in [-0.25, -0.2) is 13.9 Å². The number of halogens is 6. The van der Waals surface area contributed by atoms with Crippen molar-refractivity contribution in [1.82, 2.24) is 14.6 Å². The van der Waals surface area contributed by atoms with Crippen molar-refractivity contribution in [3.63, 3.8) is 0 Å². The quantitative estimate of drug-likeness (QED) is 0.131. The molecule has 36 heavy (non-hydrogen) atoms. The molecule has 2 aromatic carbocycles. The minimum Gasteiger partial charge on any atom is -0.468 e. The monoisotopic (exact) mass is 627 g/mol. The molecule has 0 N–H and O–H groups in total. The van der Waals surface area contributed by atoms with Crippen LogP contribution in [0, 0.1) is 5.82 Å². The van der Waals surface area contributed by atoms with E-state index in [1.165, 1.54) is 42.1 Å². The lowest BCUT2D eigenvalue weighted by molar-refractivity contribution is -0.147. The van der Waals surface area contributed by atoms with Crippen molar-refractivity contribution >= 4 is 43.5 Å². The van der Waals surface area contributed by atoms with Gasteiger partial charge in [0, 0.05) is 6.20 Å². The first-order valence-corrected chi connectivity index (χ1v) is 12.5. The molecule has 1 atom stereocenters. The summed E-state index contributed by atoms with van der Waals surface area (Å²) in [6.45, 7) is 1.66. The standard InChI is InChI=1S/C25H19Br2F4N3O2/c1-24(23(35)36-2,13-14-4-3-5-17(28)12-14)18-10-11-32-22-19(20(21(26)27)33-34(18)22)15-6-8-16(9-7-15)25(29,30)31/h3-12,21H,13H2,1-2H3/t24-/m1/s1. The second-order valence-electron chi connectivity index (χ2n) is 8.33. The number of methoxy groups -OCH3 is 1. The molecular formula is C25H19Br2F4N3O2. The molecule has 0 aliphatic carbocycles. The highest BCUT2D eigenvalue weighted by molar-refractivity contribution is 9.24. The maximum atomic E-state index is 13.9. The number of esters is 1. The second-order valence-corrected chi connectivity index (χ2v) is 11.4. The van der Waals surface area contributed by atoms with E-state index in [1.54, 1.807) is 25.1 Å². The maximum absolute atomic E-state index is 13.9. The van der Waals surface area contributed by atoms with Crippen LogP contribution >= 0.6 is 31.9 Å². The average Bonchev–Trinajstić information content (AvgIpc) is 3.23. The van der Waals surface area contributed by atoms with Crippen LogP contribution in [-0.2, 0) is 27.5 Å². The Bertz CT molecular complexity index is 1420. The Balaban J connectivity index is 1.93. The predicted molar refractivity (Wildman–Crippen MR) is 133 cm³/mol. The molecule has 0 bridgehead atoms. The Kier molecular flexibility index (Phi) is 7.25. The number of hydrogen-bond acceptors (Lipinski definition) is 4.